The minimum Gasteiger partial charge on any atom is -0.325 e. The van der Waals surface area contributed by atoms with Crippen molar-refractivity contribution in [3.8, 4) is 0 Å². The summed E-state index contributed by atoms with van der Waals surface area (Å²) in [6.45, 7) is 1.48. The van der Waals surface area contributed by atoms with Crippen molar-refractivity contribution in [2.24, 2.45) is 5.73 Å². The van der Waals surface area contributed by atoms with Gasteiger partial charge in [-0.25, -0.2) is 0 Å². The lowest BCUT2D eigenvalue weighted by molar-refractivity contribution is -0.384. The van der Waals surface area contributed by atoms with Gasteiger partial charge in [0.25, 0.3) is 5.69 Å². The van der Waals surface area contributed by atoms with Crippen molar-refractivity contribution in [3.63, 3.8) is 0 Å². The van der Waals surface area contributed by atoms with Crippen LogP contribution in [0.15, 0.2) is 12.1 Å². The normalized spacial score (nSPS) is 9.94. The Morgan fingerprint density at radius 1 is 1.62 bits per heavy atom. The predicted octanol–water partition coefficient (Wildman–Crippen LogP) is 1.45. The molecule has 3 N–H and O–H groups in total. The molecule has 0 radical (unpaired) electrons. The summed E-state index contributed by atoms with van der Waals surface area (Å²) >= 11 is 5.70. The summed E-state index contributed by atoms with van der Waals surface area (Å²) in [7, 11) is 0. The highest BCUT2D eigenvalue weighted by Crippen LogP contribution is 2.30. The number of amides is 1. The van der Waals surface area contributed by atoms with Gasteiger partial charge >= 0.3 is 0 Å². The van der Waals surface area contributed by atoms with Crippen molar-refractivity contribution in [1.82, 2.24) is 0 Å². The molecule has 6 nitrogen and oxygen atoms in total. The molecule has 0 saturated carbocycles. The summed E-state index contributed by atoms with van der Waals surface area (Å²) in [4.78, 5) is 21.0. The lowest BCUT2D eigenvalue weighted by atomic mass is 10.1. The third-order valence-electron chi connectivity index (χ3n) is 1.95. The van der Waals surface area contributed by atoms with Crippen LogP contribution in [0.2, 0.25) is 5.02 Å². The van der Waals surface area contributed by atoms with E-state index in [1.54, 1.807) is 6.92 Å². The zero-order chi connectivity index (χ0) is 12.3. The smallest absolute Gasteiger partial charge is 0.288 e. The molecule has 0 aliphatic heterocycles. The molecule has 0 aliphatic carbocycles. The van der Waals surface area contributed by atoms with Crippen LogP contribution in [0, 0.1) is 17.0 Å². The number of benzene rings is 1. The molecule has 16 heavy (non-hydrogen) atoms. The second kappa shape index (κ2) is 4.91. The summed E-state index contributed by atoms with van der Waals surface area (Å²) in [5.74, 6) is -0.381. The average molecular weight is 244 g/mol. The maximum atomic E-state index is 11.1. The highest BCUT2D eigenvalue weighted by molar-refractivity contribution is 6.33. The minimum absolute atomic E-state index is 0.0251. The van der Waals surface area contributed by atoms with E-state index in [1.165, 1.54) is 12.1 Å². The van der Waals surface area contributed by atoms with Crippen molar-refractivity contribution in [2.75, 3.05) is 11.9 Å². The molecule has 1 amide bonds. The maximum absolute atomic E-state index is 11.1. The van der Waals surface area contributed by atoms with Crippen molar-refractivity contribution in [3.05, 3.63) is 32.8 Å². The maximum Gasteiger partial charge on any atom is 0.288 e. The lowest BCUT2D eigenvalue weighted by Gasteiger charge is -2.07. The number of nitro groups is 1. The van der Waals surface area contributed by atoms with Gasteiger partial charge in [-0.05, 0) is 18.6 Å². The molecule has 0 fully saturated rings. The predicted molar refractivity (Wildman–Crippen MR) is 60.5 cm³/mol. The number of hydrogen-bond acceptors (Lipinski definition) is 4. The Labute approximate surface area is 96.5 Å². The van der Waals surface area contributed by atoms with Gasteiger partial charge in [0.05, 0.1) is 11.5 Å². The molecule has 0 aliphatic rings. The Hall–Kier alpha value is -1.66. The first-order chi connectivity index (χ1) is 7.45. The molecule has 1 rings (SSSR count). The van der Waals surface area contributed by atoms with Gasteiger partial charge in [0.2, 0.25) is 5.91 Å². The van der Waals surface area contributed by atoms with Crippen molar-refractivity contribution in [1.29, 1.82) is 0 Å². The summed E-state index contributed by atoms with van der Waals surface area (Å²) in [5, 5.41) is 13.0. The fourth-order valence-electron chi connectivity index (χ4n) is 1.14. The van der Waals surface area contributed by atoms with Crippen LogP contribution in [0.4, 0.5) is 11.4 Å². The number of anilines is 1. The van der Waals surface area contributed by atoms with Gasteiger partial charge in [-0.2, -0.15) is 0 Å². The number of carbonyl (C=O) groups excluding carboxylic acids is 1. The standard InChI is InChI=1S/C9H10ClN3O3/c1-5-2-8(13(15)16)6(10)3-7(5)12-9(14)4-11/h2-3H,4,11H2,1H3,(H,12,14). The van der Waals surface area contributed by atoms with E-state index in [0.717, 1.165) is 0 Å². The monoisotopic (exact) mass is 243 g/mol. The van der Waals surface area contributed by atoms with Crippen LogP contribution in [0.5, 0.6) is 0 Å². The number of rotatable bonds is 3. The Bertz CT molecular complexity index is 448. The van der Waals surface area contributed by atoms with Crippen LogP contribution in [0.1, 0.15) is 5.56 Å². The van der Waals surface area contributed by atoms with E-state index < -0.39 is 4.92 Å². The zero-order valence-corrected chi connectivity index (χ0v) is 9.25. The summed E-state index contributed by atoms with van der Waals surface area (Å²) < 4.78 is 0. The molecule has 0 unspecified atom stereocenters. The second-order valence-electron chi connectivity index (χ2n) is 3.13. The number of nitrogens with zero attached hydrogens (tertiary/aromatic N) is 1. The number of nitro benzene ring substituents is 1. The fourth-order valence-corrected chi connectivity index (χ4v) is 1.37. The molecule has 0 bridgehead atoms. The van der Waals surface area contributed by atoms with Crippen LogP contribution >= 0.6 is 11.6 Å². The van der Waals surface area contributed by atoms with Crippen LogP contribution in [-0.4, -0.2) is 17.4 Å². The van der Waals surface area contributed by atoms with E-state index in [1.807, 2.05) is 0 Å². The third-order valence-corrected chi connectivity index (χ3v) is 2.25. The van der Waals surface area contributed by atoms with Crippen molar-refractivity contribution >= 4 is 28.9 Å². The largest absolute Gasteiger partial charge is 0.325 e. The Morgan fingerprint density at radius 3 is 2.75 bits per heavy atom. The van der Waals surface area contributed by atoms with Gasteiger partial charge in [-0.15, -0.1) is 0 Å². The SMILES string of the molecule is Cc1cc([N+](=O)[O-])c(Cl)cc1NC(=O)CN. The molecule has 1 aromatic carbocycles. The van der Waals surface area contributed by atoms with Gasteiger partial charge in [-0.1, -0.05) is 11.6 Å². The Balaban J connectivity index is 3.10. The first-order valence-electron chi connectivity index (χ1n) is 4.40. The van der Waals surface area contributed by atoms with E-state index in [9.17, 15) is 14.9 Å². The molecule has 0 saturated heterocycles. The zero-order valence-electron chi connectivity index (χ0n) is 8.49. The Morgan fingerprint density at radius 2 is 2.25 bits per heavy atom. The molecule has 0 heterocycles. The second-order valence-corrected chi connectivity index (χ2v) is 3.54. The van der Waals surface area contributed by atoms with E-state index in [0.29, 0.717) is 11.3 Å². The first-order valence-corrected chi connectivity index (χ1v) is 4.78. The van der Waals surface area contributed by atoms with Gasteiger partial charge < -0.3 is 11.1 Å². The van der Waals surface area contributed by atoms with Crippen molar-refractivity contribution < 1.29 is 9.72 Å². The molecule has 1 aromatic rings. The molecule has 7 heteroatoms. The van der Waals surface area contributed by atoms with E-state index >= 15 is 0 Å². The highest BCUT2D eigenvalue weighted by Gasteiger charge is 2.15. The molecule has 0 atom stereocenters. The fraction of sp³-hybridized carbons (Fsp3) is 0.222. The van der Waals surface area contributed by atoms with Crippen LogP contribution in [0.3, 0.4) is 0 Å². The number of aryl methyl sites for hydroxylation is 1. The van der Waals surface area contributed by atoms with Gasteiger partial charge in [0.15, 0.2) is 0 Å². The van der Waals surface area contributed by atoms with Crippen LogP contribution in [0.25, 0.3) is 0 Å². The third kappa shape index (κ3) is 2.68. The average Bonchev–Trinajstić information content (AvgIpc) is 2.22. The van der Waals surface area contributed by atoms with Gasteiger partial charge in [-0.3, -0.25) is 14.9 Å². The number of nitrogens with two attached hydrogens (primary N) is 1. The number of halogens is 1. The molecular weight excluding hydrogens is 234 g/mol. The van der Waals surface area contributed by atoms with Crippen molar-refractivity contribution in [2.45, 2.75) is 6.92 Å². The quantitative estimate of drug-likeness (QED) is 0.620. The van der Waals surface area contributed by atoms with E-state index in [4.69, 9.17) is 17.3 Å². The Kier molecular flexibility index (Phi) is 3.81. The molecule has 0 aromatic heterocycles. The summed E-state index contributed by atoms with van der Waals surface area (Å²) in [5.41, 5.74) is 5.92. The topological polar surface area (TPSA) is 98.3 Å². The van der Waals surface area contributed by atoms with Crippen LogP contribution in [-0.2, 0) is 4.79 Å². The minimum atomic E-state index is -0.579. The van der Waals surface area contributed by atoms with E-state index in [-0.39, 0.29) is 23.2 Å². The van der Waals surface area contributed by atoms with Gasteiger partial charge in [0, 0.05) is 11.8 Å². The lowest BCUT2D eigenvalue weighted by Crippen LogP contribution is -2.22. The van der Waals surface area contributed by atoms with Crippen LogP contribution < -0.4 is 11.1 Å². The number of carbonyl (C=O) groups is 1. The summed E-state index contributed by atoms with van der Waals surface area (Å²) in [6, 6.07) is 2.64. The molecule has 86 valence electrons. The number of nitrogens with one attached hydrogen (secondary N) is 1. The highest BCUT2D eigenvalue weighted by atomic mass is 35.5. The summed E-state index contributed by atoms with van der Waals surface area (Å²) in [6.07, 6.45) is 0. The first kappa shape index (κ1) is 12.4. The van der Waals surface area contributed by atoms with E-state index in [2.05, 4.69) is 5.32 Å². The van der Waals surface area contributed by atoms with Gasteiger partial charge in [0.1, 0.15) is 5.02 Å². The molecule has 0 spiro atoms. The number of hydrogen-bond donors (Lipinski definition) is 2. The molecular formula is C9H10ClN3O3.